The summed E-state index contributed by atoms with van der Waals surface area (Å²) in [6.45, 7) is 5.70. The van der Waals surface area contributed by atoms with Crippen LogP contribution >= 0.6 is 11.6 Å². The molecular formula is C18H27ClFN. The van der Waals surface area contributed by atoms with Crippen LogP contribution in [-0.4, -0.2) is 13.6 Å². The van der Waals surface area contributed by atoms with Gasteiger partial charge >= 0.3 is 0 Å². The van der Waals surface area contributed by atoms with E-state index in [1.807, 2.05) is 13.1 Å². The Morgan fingerprint density at radius 3 is 2.67 bits per heavy atom. The van der Waals surface area contributed by atoms with Crippen LogP contribution in [0.4, 0.5) is 4.39 Å². The summed E-state index contributed by atoms with van der Waals surface area (Å²) in [5, 5.41) is 3.54. The van der Waals surface area contributed by atoms with E-state index < -0.39 is 0 Å². The van der Waals surface area contributed by atoms with Gasteiger partial charge in [0.15, 0.2) is 0 Å². The largest absolute Gasteiger partial charge is 0.319 e. The van der Waals surface area contributed by atoms with Crippen molar-refractivity contribution in [2.45, 2.75) is 39.5 Å². The highest BCUT2D eigenvalue weighted by molar-refractivity contribution is 6.30. The van der Waals surface area contributed by atoms with E-state index in [1.54, 1.807) is 12.1 Å². The summed E-state index contributed by atoms with van der Waals surface area (Å²) in [4.78, 5) is 0. The van der Waals surface area contributed by atoms with E-state index in [1.165, 1.54) is 19.3 Å². The second kappa shape index (κ2) is 7.60. The average Bonchev–Trinajstić information content (AvgIpc) is 2.45. The monoisotopic (exact) mass is 311 g/mol. The fourth-order valence-electron chi connectivity index (χ4n) is 3.72. The molecule has 1 aromatic carbocycles. The predicted octanol–water partition coefficient (Wildman–Crippen LogP) is 4.93. The topological polar surface area (TPSA) is 12.0 Å². The van der Waals surface area contributed by atoms with E-state index in [-0.39, 0.29) is 10.8 Å². The molecule has 0 aliphatic heterocycles. The van der Waals surface area contributed by atoms with Crippen molar-refractivity contribution >= 4 is 11.6 Å². The van der Waals surface area contributed by atoms with Gasteiger partial charge in [-0.1, -0.05) is 31.5 Å². The number of hydrogen-bond donors (Lipinski definition) is 1. The van der Waals surface area contributed by atoms with Crippen molar-refractivity contribution in [3.63, 3.8) is 0 Å². The maximum Gasteiger partial charge on any atom is 0.142 e. The first-order valence-electron chi connectivity index (χ1n) is 8.09. The summed E-state index contributed by atoms with van der Waals surface area (Å²) < 4.78 is 13.6. The molecule has 0 spiro atoms. The maximum absolute atomic E-state index is 13.6. The van der Waals surface area contributed by atoms with Crippen LogP contribution in [-0.2, 0) is 6.42 Å². The van der Waals surface area contributed by atoms with Gasteiger partial charge in [0.25, 0.3) is 0 Å². The molecule has 1 aliphatic rings. The minimum atomic E-state index is -0.296. The lowest BCUT2D eigenvalue weighted by atomic mass is 9.68. The van der Waals surface area contributed by atoms with Crippen LogP contribution in [0.5, 0.6) is 0 Å². The first-order chi connectivity index (χ1) is 10.0. The van der Waals surface area contributed by atoms with Crippen molar-refractivity contribution < 1.29 is 4.39 Å². The smallest absolute Gasteiger partial charge is 0.142 e. The van der Waals surface area contributed by atoms with Crippen LogP contribution in [0, 0.1) is 29.5 Å². The molecule has 1 saturated carbocycles. The van der Waals surface area contributed by atoms with Crippen LogP contribution in [0.2, 0.25) is 5.02 Å². The molecule has 3 heteroatoms. The summed E-state index contributed by atoms with van der Waals surface area (Å²) >= 11 is 5.78. The highest BCUT2D eigenvalue weighted by atomic mass is 35.5. The summed E-state index contributed by atoms with van der Waals surface area (Å²) in [7, 11) is 2.02. The van der Waals surface area contributed by atoms with E-state index in [0.717, 1.165) is 30.4 Å². The standard InChI is InChI=1S/C18H27ClFN/c1-12(2)14-5-6-15(11-21-3)16(10-14)8-13-4-7-17(19)18(20)9-13/h4,7,9,12,14-16,21H,5-6,8,10-11H2,1-3H3. The van der Waals surface area contributed by atoms with Gasteiger partial charge in [0, 0.05) is 0 Å². The average molecular weight is 312 g/mol. The molecule has 21 heavy (non-hydrogen) atoms. The minimum absolute atomic E-state index is 0.217. The molecule has 0 bridgehead atoms. The van der Waals surface area contributed by atoms with E-state index in [4.69, 9.17) is 11.6 Å². The van der Waals surface area contributed by atoms with Crippen molar-refractivity contribution in [3.8, 4) is 0 Å². The highest BCUT2D eigenvalue weighted by Crippen LogP contribution is 2.39. The molecule has 1 fully saturated rings. The maximum atomic E-state index is 13.6. The highest BCUT2D eigenvalue weighted by Gasteiger charge is 2.31. The number of halogens is 2. The number of rotatable bonds is 5. The number of benzene rings is 1. The number of nitrogens with one attached hydrogen (secondary N) is 1. The van der Waals surface area contributed by atoms with Crippen LogP contribution in [0.25, 0.3) is 0 Å². The molecule has 0 aromatic heterocycles. The molecule has 1 nitrogen and oxygen atoms in total. The Bertz CT molecular complexity index is 461. The van der Waals surface area contributed by atoms with Gasteiger partial charge in [0.1, 0.15) is 5.82 Å². The van der Waals surface area contributed by atoms with Crippen molar-refractivity contribution in [3.05, 3.63) is 34.6 Å². The molecular weight excluding hydrogens is 285 g/mol. The van der Waals surface area contributed by atoms with E-state index in [9.17, 15) is 4.39 Å². The van der Waals surface area contributed by atoms with Gasteiger partial charge in [-0.25, -0.2) is 4.39 Å². The molecule has 1 aliphatic carbocycles. The second-order valence-corrected chi connectivity index (χ2v) is 7.25. The molecule has 3 unspecified atom stereocenters. The molecule has 118 valence electrons. The van der Waals surface area contributed by atoms with E-state index in [0.29, 0.717) is 11.8 Å². The van der Waals surface area contributed by atoms with Crippen molar-refractivity contribution in [1.29, 1.82) is 0 Å². The molecule has 0 saturated heterocycles. The van der Waals surface area contributed by atoms with Gasteiger partial charge in [0.2, 0.25) is 0 Å². The third kappa shape index (κ3) is 4.43. The lowest BCUT2D eigenvalue weighted by molar-refractivity contribution is 0.146. The summed E-state index contributed by atoms with van der Waals surface area (Å²) in [5.74, 6) is 2.59. The van der Waals surface area contributed by atoms with Crippen molar-refractivity contribution in [2.75, 3.05) is 13.6 Å². The first kappa shape index (κ1) is 16.8. The molecule has 0 heterocycles. The SMILES string of the molecule is CNCC1CCC(C(C)C)CC1Cc1ccc(Cl)c(F)c1. The zero-order valence-electron chi connectivity index (χ0n) is 13.3. The Hall–Kier alpha value is -0.600. The van der Waals surface area contributed by atoms with Crippen LogP contribution < -0.4 is 5.32 Å². The van der Waals surface area contributed by atoms with Crippen molar-refractivity contribution in [1.82, 2.24) is 5.32 Å². The van der Waals surface area contributed by atoms with Crippen LogP contribution in [0.1, 0.15) is 38.7 Å². The fourth-order valence-corrected chi connectivity index (χ4v) is 3.84. The third-order valence-electron chi connectivity index (χ3n) is 5.07. The second-order valence-electron chi connectivity index (χ2n) is 6.85. The van der Waals surface area contributed by atoms with Gasteiger partial charge in [-0.15, -0.1) is 0 Å². The Kier molecular flexibility index (Phi) is 6.07. The molecule has 0 amide bonds. The van der Waals surface area contributed by atoms with Crippen LogP contribution in [0.3, 0.4) is 0 Å². The fraction of sp³-hybridized carbons (Fsp3) is 0.667. The Labute approximate surface area is 133 Å². The summed E-state index contributed by atoms with van der Waals surface area (Å²) in [6, 6.07) is 5.26. The van der Waals surface area contributed by atoms with Crippen molar-refractivity contribution in [2.24, 2.45) is 23.7 Å². The third-order valence-corrected chi connectivity index (χ3v) is 5.38. The van der Waals surface area contributed by atoms with Gasteiger partial charge in [-0.05, 0) is 80.6 Å². The molecule has 1 N–H and O–H groups in total. The lowest BCUT2D eigenvalue weighted by Crippen LogP contribution is -2.34. The Balaban J connectivity index is 2.09. The molecule has 2 rings (SSSR count). The van der Waals surface area contributed by atoms with Gasteiger partial charge < -0.3 is 5.32 Å². The van der Waals surface area contributed by atoms with E-state index in [2.05, 4.69) is 19.2 Å². The predicted molar refractivity (Wildman–Crippen MR) is 88.2 cm³/mol. The summed E-state index contributed by atoms with van der Waals surface area (Å²) in [5.41, 5.74) is 1.08. The minimum Gasteiger partial charge on any atom is -0.319 e. The first-order valence-corrected chi connectivity index (χ1v) is 8.47. The van der Waals surface area contributed by atoms with Gasteiger partial charge in [-0.3, -0.25) is 0 Å². The zero-order valence-corrected chi connectivity index (χ0v) is 14.1. The Morgan fingerprint density at radius 1 is 1.29 bits per heavy atom. The zero-order chi connectivity index (χ0) is 15.4. The lowest BCUT2D eigenvalue weighted by Gasteiger charge is -2.38. The quantitative estimate of drug-likeness (QED) is 0.813. The number of hydrogen-bond acceptors (Lipinski definition) is 1. The van der Waals surface area contributed by atoms with Crippen LogP contribution in [0.15, 0.2) is 18.2 Å². The molecule has 1 aromatic rings. The summed E-state index contributed by atoms with van der Waals surface area (Å²) in [6.07, 6.45) is 4.83. The molecule has 0 radical (unpaired) electrons. The normalized spacial score (nSPS) is 26.3. The van der Waals surface area contributed by atoms with Gasteiger partial charge in [-0.2, -0.15) is 0 Å². The molecule has 3 atom stereocenters. The van der Waals surface area contributed by atoms with Gasteiger partial charge in [0.05, 0.1) is 5.02 Å². The van der Waals surface area contributed by atoms with E-state index >= 15 is 0 Å². The Morgan fingerprint density at radius 2 is 2.05 bits per heavy atom.